The van der Waals surface area contributed by atoms with Gasteiger partial charge in [0.25, 0.3) is 0 Å². The molecule has 2 atom stereocenters. The number of hydrogen-bond acceptors (Lipinski definition) is 6. The lowest BCUT2D eigenvalue weighted by molar-refractivity contribution is -0.135. The van der Waals surface area contributed by atoms with Crippen LogP contribution in [-0.2, 0) is 30.3 Å². The van der Waals surface area contributed by atoms with Crippen molar-refractivity contribution in [1.82, 2.24) is 9.80 Å². The maximum atomic E-state index is 15.6. The number of anilines is 2. The van der Waals surface area contributed by atoms with E-state index in [1.54, 1.807) is 53.4 Å². The van der Waals surface area contributed by atoms with Gasteiger partial charge in [-0.25, -0.2) is 4.79 Å². The molecular formula is C33H37N4O6P. The van der Waals surface area contributed by atoms with Crippen molar-refractivity contribution >= 4 is 52.9 Å². The molecule has 2 fully saturated rings. The van der Waals surface area contributed by atoms with Crippen LogP contribution in [0.25, 0.3) is 0 Å². The summed E-state index contributed by atoms with van der Waals surface area (Å²) >= 11 is 0. The molecule has 11 heteroatoms. The molecule has 44 heavy (non-hydrogen) atoms. The van der Waals surface area contributed by atoms with Crippen molar-refractivity contribution in [3.63, 3.8) is 0 Å². The smallest absolute Gasteiger partial charge is 0.410 e. The van der Waals surface area contributed by atoms with Crippen LogP contribution >= 0.6 is 7.14 Å². The summed E-state index contributed by atoms with van der Waals surface area (Å²) in [5, 5.41) is 6.49. The Labute approximate surface area is 257 Å². The summed E-state index contributed by atoms with van der Waals surface area (Å²) < 4.78 is 21.1. The fourth-order valence-electron chi connectivity index (χ4n) is 6.10. The van der Waals surface area contributed by atoms with Gasteiger partial charge < -0.3 is 24.8 Å². The van der Waals surface area contributed by atoms with Gasteiger partial charge in [-0.3, -0.25) is 19.3 Å². The second-order valence-electron chi connectivity index (χ2n) is 11.2. The minimum Gasteiger partial charge on any atom is -0.445 e. The number of carbonyl (C=O) groups is 4. The minimum absolute atomic E-state index is 0.105. The molecule has 0 aromatic heterocycles. The van der Waals surface area contributed by atoms with E-state index in [4.69, 9.17) is 4.74 Å². The summed E-state index contributed by atoms with van der Waals surface area (Å²) in [5.74, 6) is -1.46. The number of hydrogen-bond donors (Lipinski definition) is 2. The lowest BCUT2D eigenvalue weighted by atomic mass is 10.2. The highest BCUT2D eigenvalue weighted by atomic mass is 31.2. The first-order valence-corrected chi connectivity index (χ1v) is 16.6. The molecule has 5 rings (SSSR count). The zero-order chi connectivity index (χ0) is 31.3. The third-order valence-corrected chi connectivity index (χ3v) is 11.5. The number of carbonyl (C=O) groups excluding carboxylic acids is 4. The average molecular weight is 617 g/mol. The Hall–Kier alpha value is -4.43. The second-order valence-corrected chi connectivity index (χ2v) is 14.1. The minimum atomic E-state index is -3.59. The molecule has 230 valence electrons. The summed E-state index contributed by atoms with van der Waals surface area (Å²) in [6, 6.07) is 22.4. The van der Waals surface area contributed by atoms with Gasteiger partial charge in [0.15, 0.2) is 7.14 Å². The molecule has 10 nitrogen and oxygen atoms in total. The van der Waals surface area contributed by atoms with Crippen LogP contribution in [0.3, 0.4) is 0 Å². The van der Waals surface area contributed by atoms with Crippen molar-refractivity contribution in [3.05, 3.63) is 84.4 Å². The van der Waals surface area contributed by atoms with Gasteiger partial charge in [0.05, 0.1) is 5.78 Å². The van der Waals surface area contributed by atoms with Crippen LogP contribution in [0.1, 0.15) is 45.1 Å². The van der Waals surface area contributed by atoms with Crippen LogP contribution < -0.4 is 21.2 Å². The highest BCUT2D eigenvalue weighted by Gasteiger charge is 2.48. The number of rotatable bonds is 8. The third-order valence-electron chi connectivity index (χ3n) is 8.00. The highest BCUT2D eigenvalue weighted by Crippen LogP contribution is 2.54. The van der Waals surface area contributed by atoms with E-state index in [2.05, 4.69) is 10.6 Å². The molecular weight excluding hydrogens is 579 g/mol. The van der Waals surface area contributed by atoms with Crippen LogP contribution in [-0.4, -0.2) is 58.5 Å². The monoisotopic (exact) mass is 616 g/mol. The predicted octanol–water partition coefficient (Wildman–Crippen LogP) is 4.67. The zero-order valence-electron chi connectivity index (χ0n) is 24.9. The fourth-order valence-corrected chi connectivity index (χ4v) is 9.53. The molecule has 0 spiro atoms. The van der Waals surface area contributed by atoms with Gasteiger partial charge in [-0.05, 0) is 55.5 Å². The predicted molar refractivity (Wildman–Crippen MR) is 169 cm³/mol. The van der Waals surface area contributed by atoms with E-state index in [-0.39, 0.29) is 24.3 Å². The largest absolute Gasteiger partial charge is 0.445 e. The number of nitrogens with zero attached hydrogens (tertiary/aromatic N) is 2. The molecule has 3 aromatic rings. The zero-order valence-corrected chi connectivity index (χ0v) is 25.8. The molecule has 0 radical (unpaired) electrons. The number of likely N-dealkylation sites (tertiary alicyclic amines) is 2. The SMILES string of the molecule is CC(=O)Nc1cccc(P(=O)(c2cccc(NC(C)=O)c2)C2CCCN2C(=O)[C@@H]2CCCN2C(=O)OCc2ccccc2)c1. The first kappa shape index (κ1) is 31.0. The Balaban J connectivity index is 1.47. The van der Waals surface area contributed by atoms with E-state index >= 15 is 4.57 Å². The molecule has 0 saturated carbocycles. The van der Waals surface area contributed by atoms with Gasteiger partial charge >= 0.3 is 6.09 Å². The van der Waals surface area contributed by atoms with Crippen molar-refractivity contribution in [2.45, 2.75) is 58.0 Å². The molecule has 2 saturated heterocycles. The Kier molecular flexibility index (Phi) is 9.49. The lowest BCUT2D eigenvalue weighted by Gasteiger charge is -2.35. The number of nitrogens with one attached hydrogen (secondary N) is 2. The Bertz CT molecular complexity index is 1530. The van der Waals surface area contributed by atoms with E-state index in [0.29, 0.717) is 60.8 Å². The van der Waals surface area contributed by atoms with Crippen molar-refractivity contribution in [1.29, 1.82) is 0 Å². The van der Waals surface area contributed by atoms with Crippen molar-refractivity contribution < 1.29 is 28.5 Å². The summed E-state index contributed by atoms with van der Waals surface area (Å²) in [6.45, 7) is 3.71. The van der Waals surface area contributed by atoms with Gasteiger partial charge in [-0.1, -0.05) is 54.6 Å². The van der Waals surface area contributed by atoms with Crippen LogP contribution in [0.15, 0.2) is 78.9 Å². The lowest BCUT2D eigenvalue weighted by Crippen LogP contribution is -2.50. The summed E-state index contributed by atoms with van der Waals surface area (Å²) in [7, 11) is -3.59. The molecule has 3 aromatic carbocycles. The van der Waals surface area contributed by atoms with Gasteiger partial charge in [0, 0.05) is 48.9 Å². The van der Waals surface area contributed by atoms with Crippen molar-refractivity contribution in [2.24, 2.45) is 0 Å². The van der Waals surface area contributed by atoms with Crippen molar-refractivity contribution in [3.8, 4) is 0 Å². The van der Waals surface area contributed by atoms with Gasteiger partial charge in [0.2, 0.25) is 17.7 Å². The molecule has 0 aliphatic carbocycles. The Morgan fingerprint density at radius 1 is 0.773 bits per heavy atom. The number of amides is 4. The normalized spacial score (nSPS) is 18.1. The van der Waals surface area contributed by atoms with Crippen LogP contribution in [0.2, 0.25) is 0 Å². The van der Waals surface area contributed by atoms with E-state index in [1.807, 2.05) is 30.3 Å². The molecule has 2 heterocycles. The quantitative estimate of drug-likeness (QED) is 0.355. The fraction of sp³-hybridized carbons (Fsp3) is 0.333. The molecule has 2 aliphatic rings. The van der Waals surface area contributed by atoms with E-state index in [9.17, 15) is 19.2 Å². The molecule has 4 amide bonds. The first-order chi connectivity index (χ1) is 21.2. The van der Waals surface area contributed by atoms with Crippen LogP contribution in [0.5, 0.6) is 0 Å². The van der Waals surface area contributed by atoms with Gasteiger partial charge in [0.1, 0.15) is 12.6 Å². The number of benzene rings is 3. The van der Waals surface area contributed by atoms with Gasteiger partial charge in [-0.2, -0.15) is 0 Å². The Morgan fingerprint density at radius 3 is 1.93 bits per heavy atom. The molecule has 0 bridgehead atoms. The van der Waals surface area contributed by atoms with E-state index in [0.717, 1.165) is 5.56 Å². The second kappa shape index (κ2) is 13.5. The standard InChI is InChI=1S/C33H37N4O6P/c1-23(38)34-26-12-6-14-28(20-26)44(42,29-15-7-13-27(21-29)35-24(2)39)31-17-9-19-37(31)32(40)30-16-8-18-36(30)33(41)43-22-25-10-4-3-5-11-25/h3-7,10-15,20-21,30-31H,8-9,16-19,22H2,1-2H3,(H,34,38)(H,35,39)/t30-,31?/m0/s1. The van der Waals surface area contributed by atoms with Gasteiger partial charge in [-0.15, -0.1) is 0 Å². The van der Waals surface area contributed by atoms with Crippen molar-refractivity contribution in [2.75, 3.05) is 23.7 Å². The maximum Gasteiger partial charge on any atom is 0.410 e. The first-order valence-electron chi connectivity index (χ1n) is 14.8. The van der Waals surface area contributed by atoms with Crippen LogP contribution in [0.4, 0.5) is 16.2 Å². The average Bonchev–Trinajstić information content (AvgIpc) is 3.70. The molecule has 1 unspecified atom stereocenters. The topological polar surface area (TPSA) is 125 Å². The third kappa shape index (κ3) is 6.70. The Morgan fingerprint density at radius 2 is 1.34 bits per heavy atom. The summed E-state index contributed by atoms with van der Waals surface area (Å²) in [5.41, 5.74) is 1.84. The van der Waals surface area contributed by atoms with Crippen LogP contribution in [0, 0.1) is 0 Å². The highest BCUT2D eigenvalue weighted by molar-refractivity contribution is 7.79. The summed E-state index contributed by atoms with van der Waals surface area (Å²) in [4.78, 5) is 54.2. The number of ether oxygens (including phenoxy) is 1. The van der Waals surface area contributed by atoms with E-state index < -0.39 is 25.1 Å². The summed E-state index contributed by atoms with van der Waals surface area (Å²) in [6.07, 6.45) is 1.73. The molecule has 2 N–H and O–H groups in total. The van der Waals surface area contributed by atoms with E-state index in [1.165, 1.54) is 18.7 Å². The molecule has 2 aliphatic heterocycles. The maximum absolute atomic E-state index is 15.6.